The van der Waals surface area contributed by atoms with Crippen LogP contribution >= 0.6 is 0 Å². The maximum atomic E-state index is 5.24. The number of pyridine rings is 1. The summed E-state index contributed by atoms with van der Waals surface area (Å²) in [5, 5.41) is 0. The minimum Gasteiger partial charge on any atom is -0.497 e. The van der Waals surface area contributed by atoms with Gasteiger partial charge in [0.25, 0.3) is 0 Å². The summed E-state index contributed by atoms with van der Waals surface area (Å²) in [5.41, 5.74) is 5.54. The van der Waals surface area contributed by atoms with Crippen LogP contribution in [0.1, 0.15) is 0 Å². The first-order valence-corrected chi connectivity index (χ1v) is 7.10. The van der Waals surface area contributed by atoms with Crippen LogP contribution in [0, 0.1) is 0 Å². The number of fused-ring (bicyclic) bond motifs is 1. The second-order valence-corrected chi connectivity index (χ2v) is 5.08. The normalized spacial score (nSPS) is 11.0. The van der Waals surface area contributed by atoms with Gasteiger partial charge < -0.3 is 14.1 Å². The van der Waals surface area contributed by atoms with E-state index in [0.29, 0.717) is 0 Å². The summed E-state index contributed by atoms with van der Waals surface area (Å²) in [5.74, 6) is 0.854. The van der Waals surface area contributed by atoms with E-state index in [2.05, 4.69) is 38.8 Å². The van der Waals surface area contributed by atoms with Gasteiger partial charge in [-0.3, -0.25) is 4.98 Å². The van der Waals surface area contributed by atoms with Crippen molar-refractivity contribution in [2.45, 2.75) is 0 Å². The van der Waals surface area contributed by atoms with Crippen molar-refractivity contribution in [1.82, 2.24) is 14.4 Å². The summed E-state index contributed by atoms with van der Waals surface area (Å²) in [6, 6.07) is 16.2. The number of nitrogens with zero attached hydrogens (tertiary/aromatic N) is 2. The number of methoxy groups -OCH3 is 1. The highest BCUT2D eigenvalue weighted by atomic mass is 16.5. The van der Waals surface area contributed by atoms with Gasteiger partial charge >= 0.3 is 0 Å². The van der Waals surface area contributed by atoms with Crippen molar-refractivity contribution in [3.05, 3.63) is 67.1 Å². The van der Waals surface area contributed by atoms with Crippen LogP contribution in [0.4, 0.5) is 0 Å². The molecule has 0 radical (unpaired) electrons. The molecule has 0 saturated heterocycles. The lowest BCUT2D eigenvalue weighted by molar-refractivity contribution is 0.415. The zero-order chi connectivity index (χ0) is 14.9. The molecule has 0 bridgehead atoms. The van der Waals surface area contributed by atoms with Crippen LogP contribution in [-0.2, 0) is 0 Å². The molecule has 0 aliphatic carbocycles. The summed E-state index contributed by atoms with van der Waals surface area (Å²) in [4.78, 5) is 7.61. The summed E-state index contributed by atoms with van der Waals surface area (Å²) >= 11 is 0. The number of imidazole rings is 1. The van der Waals surface area contributed by atoms with Crippen LogP contribution < -0.4 is 4.74 Å². The van der Waals surface area contributed by atoms with Gasteiger partial charge in [0.2, 0.25) is 0 Å². The fourth-order valence-electron chi connectivity index (χ4n) is 2.75. The van der Waals surface area contributed by atoms with Crippen LogP contribution in [0.15, 0.2) is 67.1 Å². The summed E-state index contributed by atoms with van der Waals surface area (Å²) in [6.07, 6.45) is 5.69. The molecule has 108 valence electrons. The Hall–Kier alpha value is -3.01. The highest BCUT2D eigenvalue weighted by Crippen LogP contribution is 2.33. The van der Waals surface area contributed by atoms with Gasteiger partial charge in [-0.05, 0) is 48.5 Å². The van der Waals surface area contributed by atoms with E-state index in [1.165, 1.54) is 0 Å². The van der Waals surface area contributed by atoms with Crippen molar-refractivity contribution < 1.29 is 4.74 Å². The van der Waals surface area contributed by atoms with E-state index < -0.39 is 0 Å². The van der Waals surface area contributed by atoms with Crippen molar-refractivity contribution in [1.29, 1.82) is 0 Å². The van der Waals surface area contributed by atoms with Gasteiger partial charge in [-0.2, -0.15) is 0 Å². The molecule has 3 heterocycles. The van der Waals surface area contributed by atoms with Gasteiger partial charge in [-0.1, -0.05) is 0 Å². The van der Waals surface area contributed by atoms with E-state index >= 15 is 0 Å². The van der Waals surface area contributed by atoms with Gasteiger partial charge in [0.15, 0.2) is 0 Å². The molecule has 4 aromatic rings. The third-order valence-electron chi connectivity index (χ3n) is 3.81. The van der Waals surface area contributed by atoms with Gasteiger partial charge in [0.05, 0.1) is 18.5 Å². The molecular formula is C18H15N3O. The predicted octanol–water partition coefficient (Wildman–Crippen LogP) is 4.01. The highest BCUT2D eigenvalue weighted by Gasteiger charge is 2.14. The Morgan fingerprint density at radius 2 is 1.73 bits per heavy atom. The Bertz CT molecular complexity index is 905. The average Bonchev–Trinajstić information content (AvgIpc) is 3.16. The van der Waals surface area contributed by atoms with Crippen molar-refractivity contribution in [3.63, 3.8) is 0 Å². The van der Waals surface area contributed by atoms with Crippen molar-refractivity contribution >= 4 is 5.65 Å². The zero-order valence-corrected chi connectivity index (χ0v) is 12.2. The van der Waals surface area contributed by atoms with E-state index in [1.54, 1.807) is 7.11 Å². The maximum absolute atomic E-state index is 5.24. The summed E-state index contributed by atoms with van der Waals surface area (Å²) < 4.78 is 7.40. The lowest BCUT2D eigenvalue weighted by atomic mass is 10.1. The van der Waals surface area contributed by atoms with Gasteiger partial charge in [-0.25, -0.2) is 0 Å². The van der Waals surface area contributed by atoms with Crippen LogP contribution in [0.3, 0.4) is 0 Å². The molecule has 0 amide bonds. The monoisotopic (exact) mass is 289 g/mol. The van der Waals surface area contributed by atoms with E-state index in [1.807, 2.05) is 42.7 Å². The molecule has 0 atom stereocenters. The summed E-state index contributed by atoms with van der Waals surface area (Å²) in [6.45, 7) is 0. The quantitative estimate of drug-likeness (QED) is 0.619. The number of rotatable bonds is 3. The number of ether oxygens (including phenoxy) is 1. The average molecular weight is 289 g/mol. The number of nitrogens with one attached hydrogen (secondary N) is 1. The first-order valence-electron chi connectivity index (χ1n) is 7.10. The third kappa shape index (κ3) is 1.97. The summed E-state index contributed by atoms with van der Waals surface area (Å²) in [7, 11) is 1.68. The number of aromatic nitrogens is 3. The van der Waals surface area contributed by atoms with E-state index in [9.17, 15) is 0 Å². The second-order valence-electron chi connectivity index (χ2n) is 5.08. The number of aromatic amines is 1. The molecule has 0 aliphatic heterocycles. The van der Waals surface area contributed by atoms with Crippen LogP contribution in [0.5, 0.6) is 5.75 Å². The fraction of sp³-hybridized carbons (Fsp3) is 0.0556. The minimum absolute atomic E-state index is 0.854. The number of benzene rings is 1. The maximum Gasteiger partial charge on any atom is 0.118 e. The molecule has 0 aliphatic rings. The lowest BCUT2D eigenvalue weighted by Crippen LogP contribution is -1.88. The van der Waals surface area contributed by atoms with Crippen LogP contribution in [-0.4, -0.2) is 21.5 Å². The van der Waals surface area contributed by atoms with E-state index in [0.717, 1.165) is 33.9 Å². The Balaban J connectivity index is 1.95. The standard InChI is InChI=1S/C18H15N3O/c1-22-15-6-4-13(5-7-15)17-18(14-8-10-19-11-9-14)21-12-2-3-16(21)20-17/h2-12,20H,1H3. The van der Waals surface area contributed by atoms with Gasteiger partial charge in [0.1, 0.15) is 11.4 Å². The Morgan fingerprint density at radius 3 is 2.45 bits per heavy atom. The molecule has 4 rings (SSSR count). The molecule has 1 aromatic carbocycles. The smallest absolute Gasteiger partial charge is 0.118 e. The number of H-pyrrole nitrogens is 1. The van der Waals surface area contributed by atoms with Crippen molar-refractivity contribution in [2.75, 3.05) is 7.11 Å². The van der Waals surface area contributed by atoms with Crippen molar-refractivity contribution in [2.24, 2.45) is 0 Å². The fourth-order valence-corrected chi connectivity index (χ4v) is 2.75. The topological polar surface area (TPSA) is 42.3 Å². The highest BCUT2D eigenvalue weighted by molar-refractivity contribution is 5.82. The SMILES string of the molecule is COc1ccc(-c2[nH]c3cccn3c2-c2ccncc2)cc1. The Morgan fingerprint density at radius 1 is 0.955 bits per heavy atom. The predicted molar refractivity (Wildman–Crippen MR) is 87.0 cm³/mol. The second kappa shape index (κ2) is 5.07. The molecule has 0 unspecified atom stereocenters. The van der Waals surface area contributed by atoms with E-state index in [-0.39, 0.29) is 0 Å². The van der Waals surface area contributed by atoms with E-state index in [4.69, 9.17) is 4.74 Å². The Kier molecular flexibility index (Phi) is 2.93. The number of hydrogen-bond donors (Lipinski definition) is 1. The molecular weight excluding hydrogens is 274 g/mol. The molecule has 0 saturated carbocycles. The number of hydrogen-bond acceptors (Lipinski definition) is 2. The molecule has 1 N–H and O–H groups in total. The molecule has 4 heteroatoms. The van der Waals surface area contributed by atoms with Crippen molar-refractivity contribution in [3.8, 4) is 28.3 Å². The molecule has 4 nitrogen and oxygen atoms in total. The lowest BCUT2D eigenvalue weighted by Gasteiger charge is -2.06. The molecule has 22 heavy (non-hydrogen) atoms. The first-order chi connectivity index (χ1) is 10.9. The first kappa shape index (κ1) is 12.7. The van der Waals surface area contributed by atoms with Crippen LogP contribution in [0.25, 0.3) is 28.2 Å². The molecule has 0 fully saturated rings. The van der Waals surface area contributed by atoms with Crippen LogP contribution in [0.2, 0.25) is 0 Å². The molecule has 3 aromatic heterocycles. The minimum atomic E-state index is 0.854. The van der Waals surface area contributed by atoms with Gasteiger partial charge in [-0.15, -0.1) is 0 Å². The zero-order valence-electron chi connectivity index (χ0n) is 12.2. The Labute approximate surface area is 128 Å². The molecule has 0 spiro atoms. The third-order valence-corrected chi connectivity index (χ3v) is 3.81. The van der Waals surface area contributed by atoms with Gasteiger partial charge in [0, 0.05) is 29.7 Å². The largest absolute Gasteiger partial charge is 0.497 e.